The third kappa shape index (κ3) is 4.09. The van der Waals surface area contributed by atoms with Gasteiger partial charge in [-0.3, -0.25) is 4.79 Å². The van der Waals surface area contributed by atoms with Crippen LogP contribution in [0.25, 0.3) is 0 Å². The largest absolute Gasteiger partial charge is 0.481 e. The summed E-state index contributed by atoms with van der Waals surface area (Å²) in [6.07, 6.45) is 3.39. The van der Waals surface area contributed by atoms with Crippen molar-refractivity contribution in [2.24, 2.45) is 0 Å². The Morgan fingerprint density at radius 2 is 1.81 bits per heavy atom. The van der Waals surface area contributed by atoms with Crippen LogP contribution in [0.3, 0.4) is 0 Å². The SMILES string of the molecule is CCN(C(=O)N(C)CC1(N(C)C)CCC1)C(C)CC(=O)O. The number of carbonyl (C=O) groups is 2. The van der Waals surface area contributed by atoms with Gasteiger partial charge in [-0.1, -0.05) is 0 Å². The van der Waals surface area contributed by atoms with E-state index in [1.165, 1.54) is 6.42 Å². The Morgan fingerprint density at radius 1 is 1.24 bits per heavy atom. The van der Waals surface area contributed by atoms with Crippen LogP contribution in [0.15, 0.2) is 0 Å². The third-order valence-electron chi connectivity index (χ3n) is 4.68. The second-order valence-electron chi connectivity index (χ2n) is 6.34. The Balaban J connectivity index is 2.69. The van der Waals surface area contributed by atoms with Gasteiger partial charge in [-0.25, -0.2) is 4.79 Å². The van der Waals surface area contributed by atoms with E-state index < -0.39 is 5.97 Å². The van der Waals surface area contributed by atoms with E-state index in [-0.39, 0.29) is 24.0 Å². The maximum absolute atomic E-state index is 12.6. The zero-order valence-electron chi connectivity index (χ0n) is 13.9. The number of hydrogen-bond donors (Lipinski definition) is 1. The molecule has 1 aliphatic carbocycles. The van der Waals surface area contributed by atoms with Crippen LogP contribution in [0.5, 0.6) is 0 Å². The van der Waals surface area contributed by atoms with Gasteiger partial charge in [-0.2, -0.15) is 0 Å². The molecule has 1 aliphatic rings. The number of rotatable bonds is 7. The molecule has 6 heteroatoms. The lowest BCUT2D eigenvalue weighted by molar-refractivity contribution is -0.138. The Kier molecular flexibility index (Phi) is 6.01. The van der Waals surface area contributed by atoms with Crippen molar-refractivity contribution in [1.82, 2.24) is 14.7 Å². The lowest BCUT2D eigenvalue weighted by atomic mass is 9.75. The molecular weight excluding hydrogens is 270 g/mol. The van der Waals surface area contributed by atoms with Crippen LogP contribution >= 0.6 is 0 Å². The van der Waals surface area contributed by atoms with E-state index in [0.717, 1.165) is 12.8 Å². The first kappa shape index (κ1) is 17.8. The summed E-state index contributed by atoms with van der Waals surface area (Å²) in [4.78, 5) is 29.0. The standard InChI is InChI=1S/C15H29N3O3/c1-6-18(12(2)10-13(19)20)14(21)17(5)11-15(16(3)4)8-7-9-15/h12H,6-11H2,1-5H3,(H,19,20). The lowest BCUT2D eigenvalue weighted by Gasteiger charge is -2.49. The van der Waals surface area contributed by atoms with E-state index in [0.29, 0.717) is 13.1 Å². The zero-order chi connectivity index (χ0) is 16.2. The molecule has 0 heterocycles. The van der Waals surface area contributed by atoms with Crippen molar-refractivity contribution in [3.63, 3.8) is 0 Å². The highest BCUT2D eigenvalue weighted by atomic mass is 16.4. The number of nitrogens with zero attached hydrogens (tertiary/aromatic N) is 3. The van der Waals surface area contributed by atoms with Gasteiger partial charge < -0.3 is 19.8 Å². The van der Waals surface area contributed by atoms with Crippen molar-refractivity contribution in [1.29, 1.82) is 0 Å². The van der Waals surface area contributed by atoms with Gasteiger partial charge in [-0.05, 0) is 47.2 Å². The summed E-state index contributed by atoms with van der Waals surface area (Å²) in [6, 6.07) is -0.376. The third-order valence-corrected chi connectivity index (χ3v) is 4.68. The van der Waals surface area contributed by atoms with Crippen LogP contribution < -0.4 is 0 Å². The Hall–Kier alpha value is -1.30. The van der Waals surface area contributed by atoms with Gasteiger partial charge in [0.15, 0.2) is 0 Å². The average molecular weight is 299 g/mol. The molecule has 2 amide bonds. The predicted molar refractivity (Wildman–Crippen MR) is 82.4 cm³/mol. The van der Waals surface area contributed by atoms with E-state index in [1.807, 2.05) is 14.0 Å². The van der Waals surface area contributed by atoms with Gasteiger partial charge in [0.25, 0.3) is 0 Å². The summed E-state index contributed by atoms with van der Waals surface area (Å²) in [7, 11) is 5.92. The molecule has 1 fully saturated rings. The Labute approximate surface area is 127 Å². The summed E-state index contributed by atoms with van der Waals surface area (Å²) in [5.74, 6) is -0.875. The first-order chi connectivity index (χ1) is 9.73. The van der Waals surface area contributed by atoms with E-state index >= 15 is 0 Å². The fourth-order valence-electron chi connectivity index (χ4n) is 3.06. The number of urea groups is 1. The van der Waals surface area contributed by atoms with Crippen LogP contribution in [-0.4, -0.2) is 77.6 Å². The molecule has 0 aromatic rings. The van der Waals surface area contributed by atoms with Gasteiger partial charge in [-0.15, -0.1) is 0 Å². The minimum Gasteiger partial charge on any atom is -0.481 e. The quantitative estimate of drug-likeness (QED) is 0.777. The number of carboxylic acid groups (broad SMARTS) is 1. The van der Waals surface area contributed by atoms with Gasteiger partial charge in [0.1, 0.15) is 0 Å². The maximum Gasteiger partial charge on any atom is 0.320 e. The molecule has 0 aliphatic heterocycles. The van der Waals surface area contributed by atoms with Crippen molar-refractivity contribution < 1.29 is 14.7 Å². The van der Waals surface area contributed by atoms with E-state index in [1.54, 1.807) is 16.7 Å². The molecule has 0 saturated heterocycles. The predicted octanol–water partition coefficient (Wildman–Crippen LogP) is 1.71. The number of likely N-dealkylation sites (N-methyl/N-ethyl adjacent to an activating group) is 2. The number of hydrogen-bond acceptors (Lipinski definition) is 3. The minimum atomic E-state index is -0.875. The van der Waals surface area contributed by atoms with Crippen LogP contribution in [0.4, 0.5) is 4.79 Å². The summed E-state index contributed by atoms with van der Waals surface area (Å²) < 4.78 is 0. The number of carboxylic acids is 1. The van der Waals surface area contributed by atoms with Crippen molar-refractivity contribution in [2.75, 3.05) is 34.2 Å². The summed E-state index contributed by atoms with van der Waals surface area (Å²) in [6.45, 7) is 4.88. The van der Waals surface area contributed by atoms with Crippen molar-refractivity contribution in [3.8, 4) is 0 Å². The topological polar surface area (TPSA) is 64.1 Å². The first-order valence-electron chi connectivity index (χ1n) is 7.64. The molecule has 1 unspecified atom stereocenters. The molecule has 0 aromatic heterocycles. The van der Waals surface area contributed by atoms with Crippen molar-refractivity contribution in [3.05, 3.63) is 0 Å². The van der Waals surface area contributed by atoms with E-state index in [9.17, 15) is 9.59 Å². The zero-order valence-corrected chi connectivity index (χ0v) is 13.9. The first-order valence-corrected chi connectivity index (χ1v) is 7.64. The van der Waals surface area contributed by atoms with Crippen molar-refractivity contribution in [2.45, 2.75) is 51.1 Å². The van der Waals surface area contributed by atoms with Crippen LogP contribution in [0, 0.1) is 0 Å². The highest BCUT2D eigenvalue weighted by molar-refractivity contribution is 5.76. The van der Waals surface area contributed by atoms with Crippen molar-refractivity contribution >= 4 is 12.0 Å². The van der Waals surface area contributed by atoms with Crippen LogP contribution in [0.2, 0.25) is 0 Å². The Morgan fingerprint density at radius 3 is 2.14 bits per heavy atom. The van der Waals surface area contributed by atoms with E-state index in [2.05, 4.69) is 19.0 Å². The fraction of sp³-hybridized carbons (Fsp3) is 0.867. The molecule has 0 spiro atoms. The molecule has 6 nitrogen and oxygen atoms in total. The average Bonchev–Trinajstić information content (AvgIpc) is 2.32. The molecule has 21 heavy (non-hydrogen) atoms. The molecule has 0 bridgehead atoms. The van der Waals surface area contributed by atoms with Crippen LogP contribution in [-0.2, 0) is 4.79 Å². The molecule has 1 saturated carbocycles. The van der Waals surface area contributed by atoms with E-state index in [4.69, 9.17) is 5.11 Å². The molecule has 0 aromatic carbocycles. The molecule has 1 rings (SSSR count). The molecule has 122 valence electrons. The maximum atomic E-state index is 12.6. The van der Waals surface area contributed by atoms with Gasteiger partial charge >= 0.3 is 12.0 Å². The Bertz CT molecular complexity index is 380. The number of amides is 2. The second kappa shape index (κ2) is 7.11. The molecule has 1 atom stereocenters. The fourth-order valence-corrected chi connectivity index (χ4v) is 3.06. The van der Waals surface area contributed by atoms with Crippen LogP contribution in [0.1, 0.15) is 39.5 Å². The van der Waals surface area contributed by atoms with Gasteiger partial charge in [0, 0.05) is 31.7 Å². The number of aliphatic carboxylic acids is 1. The minimum absolute atomic E-state index is 0.0216. The molecular formula is C15H29N3O3. The van der Waals surface area contributed by atoms with Gasteiger partial charge in [0.2, 0.25) is 0 Å². The smallest absolute Gasteiger partial charge is 0.320 e. The highest BCUT2D eigenvalue weighted by Gasteiger charge is 2.41. The number of carbonyl (C=O) groups excluding carboxylic acids is 1. The summed E-state index contributed by atoms with van der Waals surface area (Å²) in [5, 5.41) is 8.90. The normalized spacial score (nSPS) is 18.0. The second-order valence-corrected chi connectivity index (χ2v) is 6.34. The summed E-state index contributed by atoms with van der Waals surface area (Å²) >= 11 is 0. The highest BCUT2D eigenvalue weighted by Crippen LogP contribution is 2.36. The monoisotopic (exact) mass is 299 g/mol. The summed E-state index contributed by atoms with van der Waals surface area (Å²) in [5.41, 5.74) is 0.0832. The molecule has 0 radical (unpaired) electrons. The van der Waals surface area contributed by atoms with Gasteiger partial charge in [0.05, 0.1) is 6.42 Å². The molecule has 1 N–H and O–H groups in total. The lowest BCUT2D eigenvalue weighted by Crippen LogP contribution is -2.59.